The van der Waals surface area contributed by atoms with Crippen molar-refractivity contribution in [2.24, 2.45) is 0 Å². The zero-order chi connectivity index (χ0) is 39.8. The van der Waals surface area contributed by atoms with Crippen molar-refractivity contribution >= 4 is 32.8 Å². The van der Waals surface area contributed by atoms with E-state index in [0.717, 1.165) is 44.8 Å². The van der Waals surface area contributed by atoms with E-state index in [1.165, 1.54) is 44.1 Å². The van der Waals surface area contributed by atoms with Crippen molar-refractivity contribution in [2.75, 3.05) is 0 Å². The summed E-state index contributed by atoms with van der Waals surface area (Å²) in [6.45, 7) is 9.15. The summed E-state index contributed by atoms with van der Waals surface area (Å²) in [5.41, 5.74) is 18.1. The van der Waals surface area contributed by atoms with Gasteiger partial charge < -0.3 is 4.57 Å². The highest BCUT2D eigenvalue weighted by Gasteiger charge is 2.38. The number of rotatable bonds is 6. The van der Waals surface area contributed by atoms with Gasteiger partial charge in [-0.25, -0.2) is 9.97 Å². The number of para-hydroxylation sites is 1. The Balaban J connectivity index is 1.18. The van der Waals surface area contributed by atoms with Crippen LogP contribution in [-0.2, 0) is 5.41 Å². The first-order valence-electron chi connectivity index (χ1n) is 20.4. The highest BCUT2D eigenvalue weighted by atomic mass is 15.1. The van der Waals surface area contributed by atoms with Gasteiger partial charge in [-0.3, -0.25) is 0 Å². The molecule has 59 heavy (non-hydrogen) atoms. The summed E-state index contributed by atoms with van der Waals surface area (Å²) in [5.74, 6) is 0.413. The molecule has 3 aromatic heterocycles. The SMILES string of the molecule is CC(C)c1ccc(-c2nnc(-c3cccc(-n4c5ccccc5c5ccc6c(c54)C(C)(C)c4ccccc4-6)c3)c3nc(-c4ccccc4)c(-c4ccccc4)nc23)cc1. The highest BCUT2D eigenvalue weighted by Crippen LogP contribution is 2.53. The molecule has 0 atom stereocenters. The standard InChI is InChI=1S/C54H41N5/c1-33(2)34-26-28-37(29-27-34)49-51-52(56-48(36-18-9-6-10-19-36)47(55-51)35-16-7-5-8-17-35)50(58-57-49)38-20-15-21-39(32-38)59-45-25-14-12-23-41(45)43-31-30-42-40-22-11-13-24-44(40)54(3,4)46(42)53(43)59/h5-33H,1-4H3. The van der Waals surface area contributed by atoms with Crippen LogP contribution in [0.1, 0.15) is 50.3 Å². The molecule has 1 aliphatic carbocycles. The topological polar surface area (TPSA) is 56.5 Å². The van der Waals surface area contributed by atoms with E-state index in [9.17, 15) is 0 Å². The Bertz CT molecular complexity index is 3250. The fourth-order valence-electron chi connectivity index (χ4n) is 9.34. The molecule has 282 valence electrons. The molecule has 0 amide bonds. The average Bonchev–Trinajstić information content (AvgIpc) is 3.74. The Morgan fingerprint density at radius 2 is 1.05 bits per heavy atom. The predicted molar refractivity (Wildman–Crippen MR) is 243 cm³/mol. The third-order valence-electron chi connectivity index (χ3n) is 12.3. The zero-order valence-electron chi connectivity index (χ0n) is 33.5. The summed E-state index contributed by atoms with van der Waals surface area (Å²) in [7, 11) is 0. The van der Waals surface area contributed by atoms with Crippen LogP contribution in [0, 0.1) is 0 Å². The molecule has 0 fully saturated rings. The number of hydrogen-bond acceptors (Lipinski definition) is 4. The van der Waals surface area contributed by atoms with E-state index in [1.807, 2.05) is 24.3 Å². The molecular formula is C54H41N5. The Morgan fingerprint density at radius 1 is 0.475 bits per heavy atom. The van der Waals surface area contributed by atoms with Gasteiger partial charge in [0.15, 0.2) is 0 Å². The minimum absolute atomic E-state index is 0.195. The Kier molecular flexibility index (Phi) is 7.96. The maximum absolute atomic E-state index is 5.54. The molecule has 0 N–H and O–H groups in total. The summed E-state index contributed by atoms with van der Waals surface area (Å²) < 4.78 is 2.45. The van der Waals surface area contributed by atoms with Crippen molar-refractivity contribution in [3.8, 4) is 61.8 Å². The highest BCUT2D eigenvalue weighted by molar-refractivity contribution is 6.13. The summed E-state index contributed by atoms with van der Waals surface area (Å²) in [6.07, 6.45) is 0. The first kappa shape index (κ1) is 35.0. The predicted octanol–water partition coefficient (Wildman–Crippen LogP) is 13.6. The van der Waals surface area contributed by atoms with Crippen LogP contribution in [0.15, 0.2) is 170 Å². The normalized spacial score (nSPS) is 13.0. The van der Waals surface area contributed by atoms with Crippen molar-refractivity contribution in [3.05, 3.63) is 187 Å². The third-order valence-corrected chi connectivity index (χ3v) is 12.3. The second kappa shape index (κ2) is 13.4. The van der Waals surface area contributed by atoms with E-state index in [-0.39, 0.29) is 5.41 Å². The summed E-state index contributed by atoms with van der Waals surface area (Å²) >= 11 is 0. The summed E-state index contributed by atoms with van der Waals surface area (Å²) in [6, 6.07) is 60.2. The monoisotopic (exact) mass is 759 g/mol. The second-order valence-corrected chi connectivity index (χ2v) is 16.5. The Morgan fingerprint density at radius 3 is 1.73 bits per heavy atom. The van der Waals surface area contributed by atoms with Crippen molar-refractivity contribution in [2.45, 2.75) is 39.0 Å². The van der Waals surface area contributed by atoms with Crippen molar-refractivity contribution in [1.82, 2.24) is 24.7 Å². The lowest BCUT2D eigenvalue weighted by Crippen LogP contribution is -2.16. The maximum Gasteiger partial charge on any atom is 0.121 e. The van der Waals surface area contributed by atoms with Gasteiger partial charge in [0, 0.05) is 44.1 Å². The van der Waals surface area contributed by atoms with Crippen LogP contribution in [-0.4, -0.2) is 24.7 Å². The summed E-state index contributed by atoms with van der Waals surface area (Å²) in [5, 5.41) is 12.5. The van der Waals surface area contributed by atoms with Crippen molar-refractivity contribution < 1.29 is 0 Å². The minimum atomic E-state index is -0.195. The number of fused-ring (bicyclic) bond motifs is 8. The van der Waals surface area contributed by atoms with Gasteiger partial charge in [-0.1, -0.05) is 179 Å². The molecule has 0 aliphatic heterocycles. The lowest BCUT2D eigenvalue weighted by atomic mass is 9.81. The van der Waals surface area contributed by atoms with Gasteiger partial charge in [0.2, 0.25) is 0 Å². The second-order valence-electron chi connectivity index (χ2n) is 16.5. The smallest absolute Gasteiger partial charge is 0.121 e. The van der Waals surface area contributed by atoms with Gasteiger partial charge >= 0.3 is 0 Å². The number of hydrogen-bond donors (Lipinski definition) is 0. The first-order valence-corrected chi connectivity index (χ1v) is 20.4. The molecule has 1 aliphatic rings. The quantitative estimate of drug-likeness (QED) is 0.169. The van der Waals surface area contributed by atoms with Crippen LogP contribution in [0.2, 0.25) is 0 Å². The maximum atomic E-state index is 5.54. The molecule has 0 unspecified atom stereocenters. The largest absolute Gasteiger partial charge is 0.309 e. The van der Waals surface area contributed by atoms with Gasteiger partial charge in [-0.2, -0.15) is 0 Å². The van der Waals surface area contributed by atoms with Gasteiger partial charge in [0.25, 0.3) is 0 Å². The zero-order valence-corrected chi connectivity index (χ0v) is 33.5. The van der Waals surface area contributed by atoms with E-state index in [2.05, 4.69) is 178 Å². The number of aromatic nitrogens is 5. The van der Waals surface area contributed by atoms with Crippen LogP contribution >= 0.6 is 0 Å². The molecule has 5 nitrogen and oxygen atoms in total. The summed E-state index contributed by atoms with van der Waals surface area (Å²) in [4.78, 5) is 11.0. The van der Waals surface area contributed by atoms with Gasteiger partial charge in [0.05, 0.1) is 22.4 Å². The van der Waals surface area contributed by atoms with E-state index < -0.39 is 0 Å². The lowest BCUT2D eigenvalue weighted by Gasteiger charge is -2.23. The first-order chi connectivity index (χ1) is 28.9. The molecule has 0 spiro atoms. The van der Waals surface area contributed by atoms with Gasteiger partial charge in [-0.15, -0.1) is 10.2 Å². The molecule has 0 saturated heterocycles. The van der Waals surface area contributed by atoms with Crippen molar-refractivity contribution in [1.29, 1.82) is 0 Å². The van der Waals surface area contributed by atoms with E-state index >= 15 is 0 Å². The lowest BCUT2D eigenvalue weighted by molar-refractivity contribution is 0.664. The minimum Gasteiger partial charge on any atom is -0.309 e. The van der Waals surface area contributed by atoms with Crippen LogP contribution in [0.4, 0.5) is 0 Å². The average molecular weight is 760 g/mol. The van der Waals surface area contributed by atoms with Crippen LogP contribution < -0.4 is 0 Å². The van der Waals surface area contributed by atoms with Crippen molar-refractivity contribution in [3.63, 3.8) is 0 Å². The fourth-order valence-corrected chi connectivity index (χ4v) is 9.34. The van der Waals surface area contributed by atoms with Gasteiger partial charge in [0.1, 0.15) is 22.4 Å². The molecule has 0 radical (unpaired) electrons. The van der Waals surface area contributed by atoms with Crippen LogP contribution in [0.25, 0.3) is 94.7 Å². The molecule has 10 aromatic rings. The van der Waals surface area contributed by atoms with E-state index in [4.69, 9.17) is 20.2 Å². The van der Waals surface area contributed by atoms with Gasteiger partial charge in [-0.05, 0) is 51.9 Å². The molecule has 7 aromatic carbocycles. The van der Waals surface area contributed by atoms with Crippen LogP contribution in [0.5, 0.6) is 0 Å². The Hall–Kier alpha value is -7.24. The van der Waals surface area contributed by atoms with E-state index in [0.29, 0.717) is 28.3 Å². The van der Waals surface area contributed by atoms with Crippen LogP contribution in [0.3, 0.4) is 0 Å². The molecule has 3 heterocycles. The van der Waals surface area contributed by atoms with E-state index in [1.54, 1.807) is 0 Å². The molecule has 11 rings (SSSR count). The fraction of sp³-hybridized carbons (Fsp3) is 0.111. The number of benzene rings is 7. The molecule has 0 bridgehead atoms. The Labute approximate surface area is 343 Å². The molecular weight excluding hydrogens is 719 g/mol. The number of nitrogens with zero attached hydrogens (tertiary/aromatic N) is 5. The molecule has 0 saturated carbocycles. The molecule has 5 heteroatoms. The third kappa shape index (κ3) is 5.45.